The Kier molecular flexibility index (Phi) is 4.71. The first-order chi connectivity index (χ1) is 13.2. The molecule has 0 fully saturated rings. The number of nitrogens with two attached hydrogens (primary N) is 1. The summed E-state index contributed by atoms with van der Waals surface area (Å²) < 4.78 is 6.17. The van der Waals surface area contributed by atoms with Gasteiger partial charge in [0.2, 0.25) is 0 Å². The average molecular weight is 356 g/mol. The third-order valence-corrected chi connectivity index (χ3v) is 4.63. The van der Waals surface area contributed by atoms with Crippen molar-refractivity contribution >= 4 is 17.4 Å². The van der Waals surface area contributed by atoms with Crippen LogP contribution in [0.1, 0.15) is 24.0 Å². The molecule has 1 heterocycles. The Hall–Kier alpha value is -3.40. The normalized spacial score (nSPS) is 13.9. The molecule has 134 valence electrons. The van der Waals surface area contributed by atoms with E-state index in [4.69, 9.17) is 10.5 Å². The number of allylic oxidation sites excluding steroid dienone is 1. The Morgan fingerprint density at radius 1 is 0.926 bits per heavy atom. The van der Waals surface area contributed by atoms with Crippen molar-refractivity contribution in [2.24, 2.45) is 0 Å². The summed E-state index contributed by atoms with van der Waals surface area (Å²) in [6, 6.07) is 19.6. The van der Waals surface area contributed by atoms with E-state index in [1.165, 1.54) is 5.56 Å². The number of fused-ring (bicyclic) bond motifs is 1. The molecule has 1 aliphatic carbocycles. The quantitative estimate of drug-likeness (QED) is 0.741. The van der Waals surface area contributed by atoms with Crippen molar-refractivity contribution in [3.63, 3.8) is 0 Å². The van der Waals surface area contributed by atoms with Crippen LogP contribution in [0.5, 0.6) is 5.75 Å². The van der Waals surface area contributed by atoms with Crippen molar-refractivity contribution in [3.05, 3.63) is 84.1 Å². The highest BCUT2D eigenvalue weighted by molar-refractivity contribution is 5.96. The second kappa shape index (κ2) is 7.46. The largest absolute Gasteiger partial charge is 0.457 e. The minimum Gasteiger partial charge on any atom is -0.457 e. The van der Waals surface area contributed by atoms with Gasteiger partial charge in [-0.3, -0.25) is 4.79 Å². The number of hydrogen-bond acceptors (Lipinski definition) is 4. The Bertz CT molecular complexity index is 1010. The molecule has 2 N–H and O–H groups in total. The van der Waals surface area contributed by atoms with Crippen molar-refractivity contribution in [3.8, 4) is 16.9 Å². The smallest absolute Gasteiger partial charge is 0.159 e. The molecule has 4 rings (SSSR count). The molecule has 27 heavy (non-hydrogen) atoms. The van der Waals surface area contributed by atoms with Crippen LogP contribution in [0.2, 0.25) is 0 Å². The van der Waals surface area contributed by atoms with E-state index in [1.807, 2.05) is 48.5 Å². The molecule has 0 saturated carbocycles. The molecule has 4 nitrogen and oxygen atoms in total. The number of ether oxygens (including phenoxy) is 1. The number of nitrogen functional groups attached to an aromatic ring is 1. The standard InChI is InChI=1S/C23H20N2O2/c24-23-12-11-18(15-25-23)17-7-4-9-20(13-17)27-22-14-19(26)8-3-6-16-5-1-2-10-21(16)22/h1-2,4-5,7,9-15H,3,6,8H2,(H2,24,25). The van der Waals surface area contributed by atoms with E-state index in [-0.39, 0.29) is 5.78 Å². The summed E-state index contributed by atoms with van der Waals surface area (Å²) in [6.07, 6.45) is 5.63. The van der Waals surface area contributed by atoms with Gasteiger partial charge in [-0.25, -0.2) is 4.98 Å². The van der Waals surface area contributed by atoms with Gasteiger partial charge in [0.1, 0.15) is 17.3 Å². The number of benzene rings is 2. The van der Waals surface area contributed by atoms with Gasteiger partial charge in [0.25, 0.3) is 0 Å². The fraction of sp³-hybridized carbons (Fsp3) is 0.130. The molecule has 0 spiro atoms. The molecular formula is C23H20N2O2. The minimum atomic E-state index is 0.0957. The van der Waals surface area contributed by atoms with Gasteiger partial charge >= 0.3 is 0 Å². The zero-order valence-electron chi connectivity index (χ0n) is 14.9. The number of nitrogens with zero attached hydrogens (tertiary/aromatic N) is 1. The molecule has 0 amide bonds. The van der Waals surface area contributed by atoms with Gasteiger partial charge in [-0.2, -0.15) is 0 Å². The number of pyridine rings is 1. The third-order valence-electron chi connectivity index (χ3n) is 4.63. The summed E-state index contributed by atoms with van der Waals surface area (Å²) in [7, 11) is 0. The predicted molar refractivity (Wildman–Crippen MR) is 107 cm³/mol. The minimum absolute atomic E-state index is 0.0957. The number of aryl methyl sites for hydroxylation is 1. The van der Waals surface area contributed by atoms with Crippen molar-refractivity contribution in [1.82, 2.24) is 4.98 Å². The number of aromatic nitrogens is 1. The molecule has 0 saturated heterocycles. The Morgan fingerprint density at radius 2 is 1.81 bits per heavy atom. The van der Waals surface area contributed by atoms with Crippen LogP contribution in [0, 0.1) is 0 Å². The molecule has 4 heteroatoms. The lowest BCUT2D eigenvalue weighted by molar-refractivity contribution is -0.114. The number of carbonyl (C=O) groups excluding carboxylic acids is 1. The van der Waals surface area contributed by atoms with Gasteiger partial charge in [0.05, 0.1) is 0 Å². The predicted octanol–water partition coefficient (Wildman–Crippen LogP) is 4.66. The molecule has 1 aromatic heterocycles. The van der Waals surface area contributed by atoms with Crippen molar-refractivity contribution in [1.29, 1.82) is 0 Å². The highest BCUT2D eigenvalue weighted by Crippen LogP contribution is 2.29. The van der Waals surface area contributed by atoms with E-state index in [1.54, 1.807) is 18.3 Å². The van der Waals surface area contributed by atoms with Gasteiger partial charge in [-0.05, 0) is 48.2 Å². The first-order valence-electron chi connectivity index (χ1n) is 9.02. The maximum absolute atomic E-state index is 12.2. The van der Waals surface area contributed by atoms with E-state index in [0.717, 1.165) is 29.5 Å². The molecule has 0 atom stereocenters. The van der Waals surface area contributed by atoms with E-state index in [9.17, 15) is 4.79 Å². The van der Waals surface area contributed by atoms with Crippen LogP contribution in [0.15, 0.2) is 72.9 Å². The van der Waals surface area contributed by atoms with Crippen LogP contribution < -0.4 is 10.5 Å². The maximum atomic E-state index is 12.2. The first-order valence-corrected chi connectivity index (χ1v) is 9.02. The van der Waals surface area contributed by atoms with Crippen LogP contribution in [0.3, 0.4) is 0 Å². The van der Waals surface area contributed by atoms with Crippen molar-refractivity contribution < 1.29 is 9.53 Å². The molecule has 0 aliphatic heterocycles. The van der Waals surface area contributed by atoms with Gasteiger partial charge in [-0.1, -0.05) is 36.4 Å². The second-order valence-corrected chi connectivity index (χ2v) is 6.59. The van der Waals surface area contributed by atoms with Gasteiger partial charge < -0.3 is 10.5 Å². The lowest BCUT2D eigenvalue weighted by Gasteiger charge is -2.17. The summed E-state index contributed by atoms with van der Waals surface area (Å²) in [4.78, 5) is 16.3. The fourth-order valence-electron chi connectivity index (χ4n) is 3.25. The van der Waals surface area contributed by atoms with Crippen LogP contribution in [0.4, 0.5) is 5.82 Å². The number of ketones is 1. The lowest BCUT2D eigenvalue weighted by atomic mass is 9.96. The summed E-state index contributed by atoms with van der Waals surface area (Å²) >= 11 is 0. The molecule has 1 aliphatic rings. The van der Waals surface area contributed by atoms with Gasteiger partial charge in [0.15, 0.2) is 5.78 Å². The maximum Gasteiger partial charge on any atom is 0.159 e. The zero-order chi connectivity index (χ0) is 18.6. The topological polar surface area (TPSA) is 65.2 Å². The number of hydrogen-bond donors (Lipinski definition) is 1. The monoisotopic (exact) mass is 356 g/mol. The van der Waals surface area contributed by atoms with E-state index < -0.39 is 0 Å². The number of carbonyl (C=O) groups is 1. The molecular weight excluding hydrogens is 336 g/mol. The van der Waals surface area contributed by atoms with Crippen molar-refractivity contribution in [2.75, 3.05) is 5.73 Å². The first kappa shape index (κ1) is 17.0. The van der Waals surface area contributed by atoms with E-state index >= 15 is 0 Å². The summed E-state index contributed by atoms with van der Waals surface area (Å²) in [5, 5.41) is 0. The summed E-state index contributed by atoms with van der Waals surface area (Å²) in [5.74, 6) is 1.86. The number of anilines is 1. The van der Waals surface area contributed by atoms with E-state index in [2.05, 4.69) is 11.1 Å². The molecule has 0 radical (unpaired) electrons. The summed E-state index contributed by atoms with van der Waals surface area (Å²) in [6.45, 7) is 0. The zero-order valence-corrected chi connectivity index (χ0v) is 14.9. The lowest BCUT2D eigenvalue weighted by Crippen LogP contribution is -2.07. The Labute approximate surface area is 158 Å². The average Bonchev–Trinajstić information content (AvgIpc) is 2.67. The summed E-state index contributed by atoms with van der Waals surface area (Å²) in [5.41, 5.74) is 9.78. The van der Waals surface area contributed by atoms with Gasteiger partial charge in [-0.15, -0.1) is 0 Å². The Balaban J connectivity index is 1.68. The van der Waals surface area contributed by atoms with Crippen LogP contribution >= 0.6 is 0 Å². The van der Waals surface area contributed by atoms with Crippen LogP contribution in [0.25, 0.3) is 16.9 Å². The molecule has 0 unspecified atom stereocenters. The second-order valence-electron chi connectivity index (χ2n) is 6.59. The Morgan fingerprint density at radius 3 is 2.67 bits per heavy atom. The molecule has 0 bridgehead atoms. The highest BCUT2D eigenvalue weighted by Gasteiger charge is 2.15. The molecule has 3 aromatic rings. The van der Waals surface area contributed by atoms with Crippen LogP contribution in [-0.4, -0.2) is 10.8 Å². The third kappa shape index (κ3) is 3.90. The SMILES string of the molecule is Nc1ccc(-c2cccc(OC3=CC(=O)CCCc4ccccc43)c2)cn1. The molecule has 2 aromatic carbocycles. The van der Waals surface area contributed by atoms with Crippen molar-refractivity contribution in [2.45, 2.75) is 19.3 Å². The fourth-order valence-corrected chi connectivity index (χ4v) is 3.25. The van der Waals surface area contributed by atoms with Crippen LogP contribution in [-0.2, 0) is 11.2 Å². The van der Waals surface area contributed by atoms with Gasteiger partial charge in [0, 0.05) is 29.8 Å². The highest BCUT2D eigenvalue weighted by atomic mass is 16.5. The number of rotatable bonds is 3. The van der Waals surface area contributed by atoms with E-state index in [0.29, 0.717) is 23.7 Å².